The SMILES string of the molecule is CCNc1ncccc1Cn1cnc(C#N)n1. The Morgan fingerprint density at radius 2 is 2.35 bits per heavy atom. The molecule has 6 heteroatoms. The molecule has 86 valence electrons. The Morgan fingerprint density at radius 1 is 1.47 bits per heavy atom. The number of nitriles is 1. The van der Waals surface area contributed by atoms with Crippen LogP contribution in [0.15, 0.2) is 24.7 Å². The van der Waals surface area contributed by atoms with Gasteiger partial charge in [0.05, 0.1) is 6.54 Å². The Kier molecular flexibility index (Phi) is 3.31. The van der Waals surface area contributed by atoms with E-state index in [1.54, 1.807) is 17.2 Å². The summed E-state index contributed by atoms with van der Waals surface area (Å²) in [5.41, 5.74) is 1.02. The number of hydrogen-bond acceptors (Lipinski definition) is 5. The highest BCUT2D eigenvalue weighted by Crippen LogP contribution is 2.12. The van der Waals surface area contributed by atoms with E-state index in [0.29, 0.717) is 6.54 Å². The lowest BCUT2D eigenvalue weighted by molar-refractivity contribution is 0.681. The van der Waals surface area contributed by atoms with Gasteiger partial charge in [-0.05, 0) is 13.0 Å². The molecule has 1 N–H and O–H groups in total. The summed E-state index contributed by atoms with van der Waals surface area (Å²) in [5, 5.41) is 15.8. The molecule has 0 saturated heterocycles. The number of aromatic nitrogens is 4. The zero-order valence-corrected chi connectivity index (χ0v) is 9.46. The first-order chi connectivity index (χ1) is 8.33. The first kappa shape index (κ1) is 11.1. The van der Waals surface area contributed by atoms with Gasteiger partial charge in [-0.3, -0.25) is 0 Å². The average molecular weight is 228 g/mol. The van der Waals surface area contributed by atoms with E-state index in [1.165, 1.54) is 0 Å². The van der Waals surface area contributed by atoms with Gasteiger partial charge in [0, 0.05) is 18.3 Å². The van der Waals surface area contributed by atoms with Crippen molar-refractivity contribution in [2.75, 3.05) is 11.9 Å². The van der Waals surface area contributed by atoms with Crippen LogP contribution >= 0.6 is 0 Å². The van der Waals surface area contributed by atoms with Crippen molar-refractivity contribution < 1.29 is 0 Å². The highest BCUT2D eigenvalue weighted by atomic mass is 15.3. The van der Waals surface area contributed by atoms with Crippen molar-refractivity contribution in [1.29, 1.82) is 5.26 Å². The number of anilines is 1. The summed E-state index contributed by atoms with van der Waals surface area (Å²) in [6, 6.07) is 5.74. The minimum atomic E-state index is 0.180. The second-order valence-corrected chi connectivity index (χ2v) is 3.42. The van der Waals surface area contributed by atoms with Gasteiger partial charge in [0.25, 0.3) is 5.82 Å². The minimum Gasteiger partial charge on any atom is -0.370 e. The van der Waals surface area contributed by atoms with Gasteiger partial charge in [0.1, 0.15) is 18.2 Å². The van der Waals surface area contributed by atoms with Crippen molar-refractivity contribution in [3.8, 4) is 6.07 Å². The summed E-state index contributed by atoms with van der Waals surface area (Å²) in [4.78, 5) is 8.11. The van der Waals surface area contributed by atoms with Gasteiger partial charge >= 0.3 is 0 Å². The molecule has 0 spiro atoms. The van der Waals surface area contributed by atoms with E-state index in [-0.39, 0.29) is 5.82 Å². The van der Waals surface area contributed by atoms with Crippen LogP contribution in [0.25, 0.3) is 0 Å². The quantitative estimate of drug-likeness (QED) is 0.845. The van der Waals surface area contributed by atoms with Gasteiger partial charge < -0.3 is 5.32 Å². The van der Waals surface area contributed by atoms with Crippen LogP contribution in [-0.4, -0.2) is 26.3 Å². The van der Waals surface area contributed by atoms with Crippen molar-refractivity contribution in [2.45, 2.75) is 13.5 Å². The van der Waals surface area contributed by atoms with Gasteiger partial charge in [-0.25, -0.2) is 14.6 Å². The Balaban J connectivity index is 2.20. The van der Waals surface area contributed by atoms with Crippen LogP contribution < -0.4 is 5.32 Å². The fourth-order valence-corrected chi connectivity index (χ4v) is 1.49. The van der Waals surface area contributed by atoms with Crippen molar-refractivity contribution in [3.63, 3.8) is 0 Å². The predicted octanol–water partition coefficient (Wildman–Crippen LogP) is 1.02. The summed E-state index contributed by atoms with van der Waals surface area (Å²) in [6.07, 6.45) is 3.28. The number of nitrogens with zero attached hydrogens (tertiary/aromatic N) is 5. The maximum absolute atomic E-state index is 8.64. The van der Waals surface area contributed by atoms with E-state index in [2.05, 4.69) is 20.4 Å². The van der Waals surface area contributed by atoms with Crippen LogP contribution in [0.5, 0.6) is 0 Å². The zero-order valence-electron chi connectivity index (χ0n) is 9.46. The molecule has 2 aromatic heterocycles. The Labute approximate surface area is 98.9 Å². The minimum absolute atomic E-state index is 0.180. The number of hydrogen-bond donors (Lipinski definition) is 1. The van der Waals surface area contributed by atoms with Crippen LogP contribution in [0, 0.1) is 11.3 Å². The summed E-state index contributed by atoms with van der Waals surface area (Å²) < 4.78 is 1.62. The average Bonchev–Trinajstić information content (AvgIpc) is 2.80. The van der Waals surface area contributed by atoms with E-state index in [4.69, 9.17) is 5.26 Å². The zero-order chi connectivity index (χ0) is 12.1. The Bertz CT molecular complexity index is 539. The molecule has 0 amide bonds. The molecular formula is C11H12N6. The van der Waals surface area contributed by atoms with E-state index in [0.717, 1.165) is 17.9 Å². The molecule has 0 unspecified atom stereocenters. The molecule has 0 aliphatic rings. The summed E-state index contributed by atoms with van der Waals surface area (Å²) in [6.45, 7) is 3.37. The fraction of sp³-hybridized carbons (Fsp3) is 0.273. The smallest absolute Gasteiger partial charge is 0.252 e. The van der Waals surface area contributed by atoms with Gasteiger partial charge in [0.2, 0.25) is 0 Å². The first-order valence-corrected chi connectivity index (χ1v) is 5.30. The second kappa shape index (κ2) is 5.07. The lowest BCUT2D eigenvalue weighted by Gasteiger charge is -2.08. The standard InChI is InChI=1S/C11H12N6/c1-2-13-11-9(4-3-5-14-11)7-17-8-15-10(6-12)16-17/h3-5,8H,2,7H2,1H3,(H,13,14). The molecule has 0 aromatic carbocycles. The van der Waals surface area contributed by atoms with Crippen LogP contribution in [-0.2, 0) is 6.54 Å². The van der Waals surface area contributed by atoms with Crippen molar-refractivity contribution in [3.05, 3.63) is 36.0 Å². The van der Waals surface area contributed by atoms with Crippen LogP contribution in [0.3, 0.4) is 0 Å². The van der Waals surface area contributed by atoms with Crippen LogP contribution in [0.4, 0.5) is 5.82 Å². The third-order valence-corrected chi connectivity index (χ3v) is 2.20. The number of nitrogens with one attached hydrogen (secondary N) is 1. The van der Waals surface area contributed by atoms with Gasteiger partial charge in [-0.15, -0.1) is 5.10 Å². The van der Waals surface area contributed by atoms with Crippen molar-refractivity contribution in [2.24, 2.45) is 0 Å². The fourth-order valence-electron chi connectivity index (χ4n) is 1.49. The maximum atomic E-state index is 8.64. The third kappa shape index (κ3) is 2.58. The maximum Gasteiger partial charge on any atom is 0.252 e. The molecule has 17 heavy (non-hydrogen) atoms. The lowest BCUT2D eigenvalue weighted by Crippen LogP contribution is -2.07. The predicted molar refractivity (Wildman–Crippen MR) is 62.2 cm³/mol. The summed E-state index contributed by atoms with van der Waals surface area (Å²) >= 11 is 0. The Hall–Kier alpha value is -2.42. The highest BCUT2D eigenvalue weighted by molar-refractivity contribution is 5.43. The van der Waals surface area contributed by atoms with Gasteiger partial charge in [0.15, 0.2) is 0 Å². The first-order valence-electron chi connectivity index (χ1n) is 5.30. The molecule has 0 aliphatic carbocycles. The van der Waals surface area contributed by atoms with Crippen molar-refractivity contribution >= 4 is 5.82 Å². The largest absolute Gasteiger partial charge is 0.370 e. The molecule has 6 nitrogen and oxygen atoms in total. The van der Waals surface area contributed by atoms with Gasteiger partial charge in [-0.2, -0.15) is 5.26 Å². The molecule has 2 heterocycles. The second-order valence-electron chi connectivity index (χ2n) is 3.42. The van der Waals surface area contributed by atoms with E-state index in [1.807, 2.05) is 25.1 Å². The number of pyridine rings is 1. The topological polar surface area (TPSA) is 79.4 Å². The summed E-state index contributed by atoms with van der Waals surface area (Å²) in [5.74, 6) is 1.02. The molecular weight excluding hydrogens is 216 g/mol. The van der Waals surface area contributed by atoms with Crippen LogP contribution in [0.2, 0.25) is 0 Å². The third-order valence-electron chi connectivity index (χ3n) is 2.20. The van der Waals surface area contributed by atoms with Crippen molar-refractivity contribution in [1.82, 2.24) is 19.7 Å². The van der Waals surface area contributed by atoms with E-state index < -0.39 is 0 Å². The summed E-state index contributed by atoms with van der Waals surface area (Å²) in [7, 11) is 0. The number of rotatable bonds is 4. The molecule has 0 aliphatic heterocycles. The lowest BCUT2D eigenvalue weighted by atomic mass is 10.2. The van der Waals surface area contributed by atoms with Gasteiger partial charge in [-0.1, -0.05) is 6.07 Å². The molecule has 2 aromatic rings. The molecule has 0 fully saturated rings. The molecule has 0 saturated carbocycles. The van der Waals surface area contributed by atoms with E-state index >= 15 is 0 Å². The van der Waals surface area contributed by atoms with Crippen LogP contribution in [0.1, 0.15) is 18.3 Å². The normalized spacial score (nSPS) is 9.88. The molecule has 0 atom stereocenters. The highest BCUT2D eigenvalue weighted by Gasteiger charge is 2.05. The van der Waals surface area contributed by atoms with E-state index in [9.17, 15) is 0 Å². The molecule has 0 bridgehead atoms. The monoisotopic (exact) mass is 228 g/mol. The Morgan fingerprint density at radius 3 is 3.06 bits per heavy atom. The molecule has 0 radical (unpaired) electrons. The molecule has 2 rings (SSSR count).